The van der Waals surface area contributed by atoms with E-state index in [2.05, 4.69) is 0 Å². The van der Waals surface area contributed by atoms with Crippen LogP contribution in [0.25, 0.3) is 6.08 Å². The number of carbonyl (C=O) groups excluding carboxylic acids is 1. The Balaban J connectivity index is 1.75. The predicted octanol–water partition coefficient (Wildman–Crippen LogP) is 3.07. The molecule has 102 valence electrons. The molecule has 0 aliphatic rings. The van der Waals surface area contributed by atoms with Crippen LogP contribution in [0.2, 0.25) is 0 Å². The van der Waals surface area contributed by atoms with Crippen molar-refractivity contribution in [1.29, 1.82) is 0 Å². The fourth-order valence-corrected chi connectivity index (χ4v) is 1.74. The number of hydrogen-bond donors (Lipinski definition) is 1. The molecule has 0 aliphatic heterocycles. The van der Waals surface area contributed by atoms with E-state index in [1.165, 1.54) is 0 Å². The number of esters is 1. The zero-order valence-electron chi connectivity index (χ0n) is 11.2. The van der Waals surface area contributed by atoms with E-state index < -0.39 is 0 Å². The maximum atomic E-state index is 11.6. The number of nitrogens with two attached hydrogens (primary N) is 1. The summed E-state index contributed by atoms with van der Waals surface area (Å²) in [6, 6.07) is 17.1. The zero-order chi connectivity index (χ0) is 14.2. The zero-order valence-corrected chi connectivity index (χ0v) is 11.2. The third-order valence-corrected chi connectivity index (χ3v) is 2.78. The molecule has 3 nitrogen and oxygen atoms in total. The Morgan fingerprint density at radius 1 is 1.05 bits per heavy atom. The molecule has 20 heavy (non-hydrogen) atoms. The molecule has 2 aromatic rings. The summed E-state index contributed by atoms with van der Waals surface area (Å²) in [4.78, 5) is 11.6. The number of hydrogen-bond acceptors (Lipinski definition) is 3. The van der Waals surface area contributed by atoms with Crippen LogP contribution in [0.5, 0.6) is 0 Å². The molecule has 3 heteroatoms. The lowest BCUT2D eigenvalue weighted by atomic mass is 10.1. The van der Waals surface area contributed by atoms with Crippen molar-refractivity contribution in [3.63, 3.8) is 0 Å². The first-order valence-corrected chi connectivity index (χ1v) is 6.46. The van der Waals surface area contributed by atoms with Gasteiger partial charge < -0.3 is 10.5 Å². The standard InChI is InChI=1S/C17H17NO2/c18-16-10-8-15(9-11-16)13-17(19)20-12-4-7-14-5-2-1-3-6-14/h1-11H,12-13,18H2. The van der Waals surface area contributed by atoms with Gasteiger partial charge in [0.2, 0.25) is 0 Å². The molecule has 0 saturated carbocycles. The number of ether oxygens (including phenoxy) is 1. The van der Waals surface area contributed by atoms with Gasteiger partial charge in [-0.1, -0.05) is 48.5 Å². The van der Waals surface area contributed by atoms with E-state index in [-0.39, 0.29) is 19.0 Å². The average Bonchev–Trinajstić information content (AvgIpc) is 2.47. The van der Waals surface area contributed by atoms with Gasteiger partial charge in [0.25, 0.3) is 0 Å². The number of rotatable bonds is 5. The van der Waals surface area contributed by atoms with Crippen molar-refractivity contribution in [3.05, 3.63) is 71.8 Å². The smallest absolute Gasteiger partial charge is 0.310 e. The van der Waals surface area contributed by atoms with Gasteiger partial charge >= 0.3 is 5.97 Å². The quantitative estimate of drug-likeness (QED) is 0.669. The Morgan fingerprint density at radius 2 is 1.75 bits per heavy atom. The molecule has 0 saturated heterocycles. The van der Waals surface area contributed by atoms with E-state index >= 15 is 0 Å². The second-order valence-electron chi connectivity index (χ2n) is 4.41. The minimum Gasteiger partial charge on any atom is -0.461 e. The lowest BCUT2D eigenvalue weighted by molar-refractivity contribution is -0.141. The fraction of sp³-hybridized carbons (Fsp3) is 0.118. The van der Waals surface area contributed by atoms with E-state index in [1.807, 2.05) is 54.6 Å². The summed E-state index contributed by atoms with van der Waals surface area (Å²) in [5.41, 5.74) is 8.26. The third kappa shape index (κ3) is 4.61. The number of carbonyl (C=O) groups is 1. The van der Waals surface area contributed by atoms with Gasteiger partial charge in [-0.25, -0.2) is 0 Å². The van der Waals surface area contributed by atoms with Gasteiger partial charge in [0, 0.05) is 5.69 Å². The van der Waals surface area contributed by atoms with Crippen molar-refractivity contribution < 1.29 is 9.53 Å². The van der Waals surface area contributed by atoms with E-state index in [0.29, 0.717) is 5.69 Å². The molecular formula is C17H17NO2. The highest BCUT2D eigenvalue weighted by molar-refractivity contribution is 5.73. The minimum absolute atomic E-state index is 0.243. The molecule has 0 radical (unpaired) electrons. The number of nitrogen functional groups attached to an aromatic ring is 1. The molecule has 0 amide bonds. The summed E-state index contributed by atoms with van der Waals surface area (Å²) in [7, 11) is 0. The van der Waals surface area contributed by atoms with E-state index in [4.69, 9.17) is 10.5 Å². The van der Waals surface area contributed by atoms with Crippen LogP contribution in [0.3, 0.4) is 0 Å². The van der Waals surface area contributed by atoms with Crippen molar-refractivity contribution in [2.75, 3.05) is 12.3 Å². The summed E-state index contributed by atoms with van der Waals surface area (Å²) in [5, 5.41) is 0. The molecule has 0 aromatic heterocycles. The summed E-state index contributed by atoms with van der Waals surface area (Å²) < 4.78 is 5.14. The van der Waals surface area contributed by atoms with Gasteiger partial charge in [0.1, 0.15) is 6.61 Å². The van der Waals surface area contributed by atoms with Gasteiger partial charge in [-0.2, -0.15) is 0 Å². The van der Waals surface area contributed by atoms with Gasteiger partial charge in [-0.15, -0.1) is 0 Å². The highest BCUT2D eigenvalue weighted by Gasteiger charge is 2.03. The van der Waals surface area contributed by atoms with Crippen LogP contribution in [0.4, 0.5) is 5.69 Å². The Kier molecular flexibility index (Phi) is 4.95. The maximum Gasteiger partial charge on any atom is 0.310 e. The first kappa shape index (κ1) is 13.9. The highest BCUT2D eigenvalue weighted by atomic mass is 16.5. The molecule has 0 aliphatic carbocycles. The van der Waals surface area contributed by atoms with Gasteiger partial charge in [0.15, 0.2) is 0 Å². The van der Waals surface area contributed by atoms with Crippen molar-refractivity contribution in [2.24, 2.45) is 0 Å². The van der Waals surface area contributed by atoms with Crippen LogP contribution in [0.15, 0.2) is 60.7 Å². The maximum absolute atomic E-state index is 11.6. The van der Waals surface area contributed by atoms with Crippen molar-refractivity contribution in [1.82, 2.24) is 0 Å². The summed E-state index contributed by atoms with van der Waals surface area (Å²) in [5.74, 6) is -0.243. The van der Waals surface area contributed by atoms with E-state index in [0.717, 1.165) is 11.1 Å². The second kappa shape index (κ2) is 7.14. The first-order valence-electron chi connectivity index (χ1n) is 6.46. The number of anilines is 1. The van der Waals surface area contributed by atoms with Crippen molar-refractivity contribution >= 4 is 17.7 Å². The molecule has 0 spiro atoms. The summed E-state index contributed by atoms with van der Waals surface area (Å²) in [6.45, 7) is 0.280. The molecule has 0 heterocycles. The molecule has 0 unspecified atom stereocenters. The molecule has 2 rings (SSSR count). The monoisotopic (exact) mass is 267 g/mol. The summed E-state index contributed by atoms with van der Waals surface area (Å²) >= 11 is 0. The van der Waals surface area contributed by atoms with Crippen LogP contribution in [0.1, 0.15) is 11.1 Å². The van der Waals surface area contributed by atoms with Crippen molar-refractivity contribution in [2.45, 2.75) is 6.42 Å². The molecular weight excluding hydrogens is 250 g/mol. The molecule has 2 N–H and O–H groups in total. The van der Waals surface area contributed by atoms with E-state index in [9.17, 15) is 4.79 Å². The van der Waals surface area contributed by atoms with Crippen LogP contribution < -0.4 is 5.73 Å². The Labute approximate surface area is 118 Å². The minimum atomic E-state index is -0.243. The molecule has 2 aromatic carbocycles. The lowest BCUT2D eigenvalue weighted by Crippen LogP contribution is -2.07. The second-order valence-corrected chi connectivity index (χ2v) is 4.41. The average molecular weight is 267 g/mol. The first-order chi connectivity index (χ1) is 9.74. The predicted molar refractivity (Wildman–Crippen MR) is 81.0 cm³/mol. The van der Waals surface area contributed by atoms with Crippen LogP contribution in [-0.2, 0) is 16.0 Å². The molecule has 0 atom stereocenters. The third-order valence-electron chi connectivity index (χ3n) is 2.78. The Bertz CT molecular complexity index is 574. The fourth-order valence-electron chi connectivity index (χ4n) is 1.74. The Hall–Kier alpha value is -2.55. The topological polar surface area (TPSA) is 52.3 Å². The van der Waals surface area contributed by atoms with E-state index in [1.54, 1.807) is 12.1 Å². The van der Waals surface area contributed by atoms with Crippen LogP contribution in [-0.4, -0.2) is 12.6 Å². The van der Waals surface area contributed by atoms with Gasteiger partial charge in [0.05, 0.1) is 6.42 Å². The van der Waals surface area contributed by atoms with Crippen LogP contribution >= 0.6 is 0 Å². The highest BCUT2D eigenvalue weighted by Crippen LogP contribution is 2.07. The van der Waals surface area contributed by atoms with Gasteiger partial charge in [-0.05, 0) is 29.3 Å². The Morgan fingerprint density at radius 3 is 2.45 bits per heavy atom. The van der Waals surface area contributed by atoms with Crippen LogP contribution in [0, 0.1) is 0 Å². The lowest BCUT2D eigenvalue weighted by Gasteiger charge is -2.02. The summed E-state index contributed by atoms with van der Waals surface area (Å²) in [6.07, 6.45) is 4.02. The van der Waals surface area contributed by atoms with Crippen molar-refractivity contribution in [3.8, 4) is 0 Å². The number of benzene rings is 2. The normalized spacial score (nSPS) is 10.6. The van der Waals surface area contributed by atoms with Gasteiger partial charge in [-0.3, -0.25) is 4.79 Å². The largest absolute Gasteiger partial charge is 0.461 e. The SMILES string of the molecule is Nc1ccc(CC(=O)OCC=Cc2ccccc2)cc1. The molecule has 0 bridgehead atoms. The molecule has 0 fully saturated rings.